The third-order valence-electron chi connectivity index (χ3n) is 6.61. The number of nitrogens with zero attached hydrogens (tertiary/aromatic N) is 3. The monoisotopic (exact) mass is 495 g/mol. The highest BCUT2D eigenvalue weighted by Gasteiger charge is 2.26. The van der Waals surface area contributed by atoms with Crippen molar-refractivity contribution in [2.24, 2.45) is 5.92 Å². The lowest BCUT2D eigenvalue weighted by molar-refractivity contribution is 0.0486. The highest BCUT2D eigenvalue weighted by atomic mass is 19.1. The van der Waals surface area contributed by atoms with Crippen LogP contribution in [0.5, 0.6) is 0 Å². The molecular weight excluding hydrogens is 457 g/mol. The van der Waals surface area contributed by atoms with Gasteiger partial charge >= 0.3 is 6.09 Å². The number of aromatic nitrogens is 3. The van der Waals surface area contributed by atoms with E-state index in [-0.39, 0.29) is 18.0 Å². The number of benzene rings is 1. The fraction of sp³-hybridized carbons (Fsp3) is 0.536. The van der Waals surface area contributed by atoms with E-state index in [0.717, 1.165) is 73.8 Å². The maximum Gasteiger partial charge on any atom is 0.407 e. The molecule has 0 atom stereocenters. The second kappa shape index (κ2) is 11.3. The zero-order valence-corrected chi connectivity index (χ0v) is 21.8. The molecule has 2 aromatic heterocycles. The summed E-state index contributed by atoms with van der Waals surface area (Å²) < 4.78 is 21.2. The van der Waals surface area contributed by atoms with Crippen LogP contribution >= 0.6 is 0 Å². The van der Waals surface area contributed by atoms with Crippen LogP contribution in [0.15, 0.2) is 36.7 Å². The number of anilines is 1. The van der Waals surface area contributed by atoms with Gasteiger partial charge < -0.3 is 19.9 Å². The Morgan fingerprint density at radius 3 is 2.56 bits per heavy atom. The first-order valence-electron chi connectivity index (χ1n) is 13.1. The minimum atomic E-state index is -0.495. The minimum absolute atomic E-state index is 0.143. The maximum atomic E-state index is 13.6. The molecule has 194 valence electrons. The van der Waals surface area contributed by atoms with Gasteiger partial charge in [0.2, 0.25) is 5.95 Å². The van der Waals surface area contributed by atoms with Gasteiger partial charge in [0.05, 0.1) is 0 Å². The van der Waals surface area contributed by atoms with E-state index >= 15 is 0 Å². The fourth-order valence-corrected chi connectivity index (χ4v) is 4.77. The van der Waals surface area contributed by atoms with Gasteiger partial charge in [-0.3, -0.25) is 0 Å². The summed E-state index contributed by atoms with van der Waals surface area (Å²) in [6, 6.07) is 6.71. The van der Waals surface area contributed by atoms with E-state index in [1.165, 1.54) is 12.1 Å². The number of carbonyl (C=O) groups excluding carboxylic acids is 1. The number of ether oxygens (including phenoxy) is 1. The first-order chi connectivity index (χ1) is 17.2. The molecule has 1 fully saturated rings. The van der Waals surface area contributed by atoms with E-state index in [2.05, 4.69) is 33.3 Å². The summed E-state index contributed by atoms with van der Waals surface area (Å²) in [6.07, 6.45) is 9.68. The Balaban J connectivity index is 1.50. The summed E-state index contributed by atoms with van der Waals surface area (Å²) in [4.78, 5) is 21.6. The van der Waals surface area contributed by atoms with Gasteiger partial charge in [-0.1, -0.05) is 25.5 Å². The number of halogens is 1. The predicted molar refractivity (Wildman–Crippen MR) is 141 cm³/mol. The Labute approximate surface area is 212 Å². The topological polar surface area (TPSA) is 81.1 Å². The fourth-order valence-electron chi connectivity index (χ4n) is 4.77. The Morgan fingerprint density at radius 1 is 1.17 bits per heavy atom. The van der Waals surface area contributed by atoms with Crippen molar-refractivity contribution in [2.45, 2.75) is 84.4 Å². The SMILES string of the molecule is CCCCNc1ncc2c(-c3ccc(F)cc3)cn(CC3CCC(NC(=O)OC(C)(C)C)CC3)c2n1. The number of fused-ring (bicyclic) bond motifs is 1. The molecule has 0 saturated heterocycles. The van der Waals surface area contributed by atoms with Gasteiger partial charge in [-0.2, -0.15) is 4.98 Å². The number of hydrogen-bond donors (Lipinski definition) is 2. The lowest BCUT2D eigenvalue weighted by Crippen LogP contribution is -2.41. The molecule has 1 aliphatic rings. The van der Waals surface area contributed by atoms with Gasteiger partial charge in [0.1, 0.15) is 17.1 Å². The summed E-state index contributed by atoms with van der Waals surface area (Å²) in [6.45, 7) is 9.45. The van der Waals surface area contributed by atoms with E-state index in [1.54, 1.807) is 12.1 Å². The number of carbonyl (C=O) groups is 1. The van der Waals surface area contributed by atoms with Crippen LogP contribution in [-0.2, 0) is 11.3 Å². The molecular formula is C28H38FN5O2. The van der Waals surface area contributed by atoms with E-state index < -0.39 is 5.60 Å². The summed E-state index contributed by atoms with van der Waals surface area (Å²) in [5.41, 5.74) is 2.34. The average Bonchev–Trinajstić information content (AvgIpc) is 3.17. The van der Waals surface area contributed by atoms with Crippen molar-refractivity contribution in [1.82, 2.24) is 19.9 Å². The number of amides is 1. The first-order valence-corrected chi connectivity index (χ1v) is 13.1. The molecule has 2 heterocycles. The number of hydrogen-bond acceptors (Lipinski definition) is 5. The highest BCUT2D eigenvalue weighted by Crippen LogP contribution is 2.33. The standard InChI is InChI=1S/C28H38FN5O2/c1-5-6-15-30-26-31-16-23-24(20-9-11-21(29)12-10-20)18-34(25(23)33-26)17-19-7-13-22(14-8-19)32-27(35)36-28(2,3)4/h9-12,16,18-19,22H,5-8,13-15,17H2,1-4H3,(H,32,35)(H,30,31,33). The molecule has 0 radical (unpaired) electrons. The van der Waals surface area contributed by atoms with Crippen molar-refractivity contribution in [3.63, 3.8) is 0 Å². The van der Waals surface area contributed by atoms with Crippen LogP contribution in [0, 0.1) is 11.7 Å². The highest BCUT2D eigenvalue weighted by molar-refractivity contribution is 5.94. The van der Waals surface area contributed by atoms with Crippen LogP contribution in [0.2, 0.25) is 0 Å². The van der Waals surface area contributed by atoms with Crippen molar-refractivity contribution >= 4 is 23.1 Å². The largest absolute Gasteiger partial charge is 0.444 e. The van der Waals surface area contributed by atoms with Crippen LogP contribution in [0.1, 0.15) is 66.2 Å². The lowest BCUT2D eigenvalue weighted by atomic mass is 9.86. The molecule has 0 unspecified atom stereocenters. The molecule has 1 aliphatic carbocycles. The van der Waals surface area contributed by atoms with Gasteiger partial charge in [0.25, 0.3) is 0 Å². The normalized spacial score (nSPS) is 18.2. The van der Waals surface area contributed by atoms with Gasteiger partial charge in [-0.15, -0.1) is 0 Å². The molecule has 1 aromatic carbocycles. The Hall–Kier alpha value is -3.16. The second-order valence-electron chi connectivity index (χ2n) is 10.8. The zero-order chi connectivity index (χ0) is 25.7. The number of nitrogens with one attached hydrogen (secondary N) is 2. The third kappa shape index (κ3) is 6.74. The number of rotatable bonds is 8. The Bertz CT molecular complexity index is 1160. The van der Waals surface area contributed by atoms with E-state index in [9.17, 15) is 9.18 Å². The van der Waals surface area contributed by atoms with E-state index in [0.29, 0.717) is 11.9 Å². The van der Waals surface area contributed by atoms with Crippen molar-refractivity contribution in [1.29, 1.82) is 0 Å². The molecule has 36 heavy (non-hydrogen) atoms. The minimum Gasteiger partial charge on any atom is -0.444 e. The van der Waals surface area contributed by atoms with Crippen LogP contribution in [0.4, 0.5) is 15.1 Å². The third-order valence-corrected chi connectivity index (χ3v) is 6.61. The molecule has 0 aliphatic heterocycles. The summed E-state index contributed by atoms with van der Waals surface area (Å²) in [7, 11) is 0. The zero-order valence-electron chi connectivity index (χ0n) is 21.8. The molecule has 4 rings (SSSR count). The predicted octanol–water partition coefficient (Wildman–Crippen LogP) is 6.53. The molecule has 2 N–H and O–H groups in total. The lowest BCUT2D eigenvalue weighted by Gasteiger charge is -2.30. The van der Waals surface area contributed by atoms with Crippen molar-refractivity contribution < 1.29 is 13.9 Å². The number of alkyl carbamates (subject to hydrolysis) is 1. The van der Waals surface area contributed by atoms with Crippen molar-refractivity contribution in [3.05, 3.63) is 42.5 Å². The number of unbranched alkanes of at least 4 members (excludes halogenated alkanes) is 1. The smallest absolute Gasteiger partial charge is 0.407 e. The molecule has 0 spiro atoms. The molecule has 0 bridgehead atoms. The molecule has 1 saturated carbocycles. The van der Waals surface area contributed by atoms with Crippen molar-refractivity contribution in [3.8, 4) is 11.1 Å². The van der Waals surface area contributed by atoms with Crippen LogP contribution in [0.3, 0.4) is 0 Å². The molecule has 3 aromatic rings. The van der Waals surface area contributed by atoms with E-state index in [4.69, 9.17) is 9.72 Å². The Morgan fingerprint density at radius 2 is 1.89 bits per heavy atom. The van der Waals surface area contributed by atoms with Gasteiger partial charge in [-0.05, 0) is 76.5 Å². The van der Waals surface area contributed by atoms with Gasteiger partial charge in [0, 0.05) is 42.5 Å². The summed E-state index contributed by atoms with van der Waals surface area (Å²) in [5, 5.41) is 7.31. The van der Waals surface area contributed by atoms with Crippen LogP contribution in [-0.4, -0.2) is 38.8 Å². The van der Waals surface area contributed by atoms with Crippen molar-refractivity contribution in [2.75, 3.05) is 11.9 Å². The molecule has 8 heteroatoms. The average molecular weight is 496 g/mol. The first kappa shape index (κ1) is 25.9. The summed E-state index contributed by atoms with van der Waals surface area (Å²) >= 11 is 0. The maximum absolute atomic E-state index is 13.6. The van der Waals surface area contributed by atoms with Crippen LogP contribution in [0.25, 0.3) is 22.2 Å². The second-order valence-corrected chi connectivity index (χ2v) is 10.8. The quantitative estimate of drug-likeness (QED) is 0.347. The molecule has 7 nitrogen and oxygen atoms in total. The van der Waals surface area contributed by atoms with Gasteiger partial charge in [0.15, 0.2) is 0 Å². The van der Waals surface area contributed by atoms with E-state index in [1.807, 2.05) is 27.0 Å². The summed E-state index contributed by atoms with van der Waals surface area (Å²) in [5.74, 6) is 0.856. The molecule has 1 amide bonds. The van der Waals surface area contributed by atoms with Gasteiger partial charge in [-0.25, -0.2) is 14.2 Å². The van der Waals surface area contributed by atoms with Crippen LogP contribution < -0.4 is 10.6 Å². The Kier molecular flexibility index (Phi) is 8.11.